The van der Waals surface area contributed by atoms with Gasteiger partial charge in [0.1, 0.15) is 5.75 Å². The molecule has 4 nitrogen and oxygen atoms in total. The fourth-order valence-electron chi connectivity index (χ4n) is 3.05. The van der Waals surface area contributed by atoms with Gasteiger partial charge in [0.05, 0.1) is 25.2 Å². The van der Waals surface area contributed by atoms with E-state index in [4.69, 9.17) is 9.47 Å². The number of ether oxygens (including phenoxy) is 2. The van der Waals surface area contributed by atoms with Gasteiger partial charge in [0.15, 0.2) is 6.29 Å². The van der Waals surface area contributed by atoms with Gasteiger partial charge in [-0.25, -0.2) is 0 Å². The average molecular weight is 407 g/mol. The Labute approximate surface area is 179 Å². The maximum absolute atomic E-state index is 11.9. The maximum atomic E-state index is 11.9. The zero-order valence-corrected chi connectivity index (χ0v) is 18.9. The van der Waals surface area contributed by atoms with Crippen LogP contribution >= 0.6 is 0 Å². The third-order valence-corrected chi connectivity index (χ3v) is 4.74. The van der Waals surface area contributed by atoms with Crippen LogP contribution in [0.2, 0.25) is 0 Å². The van der Waals surface area contributed by atoms with Gasteiger partial charge in [-0.15, -0.1) is 0 Å². The Morgan fingerprint density at radius 3 is 2.27 bits per heavy atom. The smallest absolute Gasteiger partial charge is 0.309 e. The second kappa shape index (κ2) is 9.63. The molecule has 0 radical (unpaired) electrons. The van der Waals surface area contributed by atoms with Crippen molar-refractivity contribution >= 4 is 12.3 Å². The van der Waals surface area contributed by atoms with Crippen molar-refractivity contribution in [2.75, 3.05) is 7.11 Å². The van der Waals surface area contributed by atoms with Gasteiger partial charge in [0.2, 0.25) is 0 Å². The Morgan fingerprint density at radius 1 is 1.13 bits per heavy atom. The van der Waals surface area contributed by atoms with Crippen molar-refractivity contribution in [2.45, 2.75) is 59.5 Å². The predicted molar refractivity (Wildman–Crippen MR) is 119 cm³/mol. The lowest BCUT2D eigenvalue weighted by molar-refractivity contribution is -0.139. The minimum atomic E-state index is -0.274. The molecule has 0 atom stereocenters. The van der Waals surface area contributed by atoms with Crippen LogP contribution in [-0.4, -0.2) is 25.5 Å². The van der Waals surface area contributed by atoms with Crippen molar-refractivity contribution in [1.82, 2.24) is 0 Å². The summed E-state index contributed by atoms with van der Waals surface area (Å²) in [5.74, 6) is 6.74. The quantitative estimate of drug-likeness (QED) is 0.398. The molecule has 4 heteroatoms. The van der Waals surface area contributed by atoms with Crippen molar-refractivity contribution in [3.8, 4) is 17.6 Å². The Balaban J connectivity index is 2.48. The van der Waals surface area contributed by atoms with Crippen LogP contribution in [0.3, 0.4) is 0 Å². The van der Waals surface area contributed by atoms with Gasteiger partial charge >= 0.3 is 5.97 Å². The highest BCUT2D eigenvalue weighted by molar-refractivity contribution is 5.84. The highest BCUT2D eigenvalue weighted by Crippen LogP contribution is 2.37. The maximum Gasteiger partial charge on any atom is 0.309 e. The van der Waals surface area contributed by atoms with Crippen molar-refractivity contribution < 1.29 is 19.1 Å². The van der Waals surface area contributed by atoms with Gasteiger partial charge in [-0.2, -0.15) is 0 Å². The van der Waals surface area contributed by atoms with Crippen LogP contribution in [0.1, 0.15) is 72.8 Å². The summed E-state index contributed by atoms with van der Waals surface area (Å²) in [6, 6.07) is 9.51. The normalized spacial score (nSPS) is 10.9. The summed E-state index contributed by atoms with van der Waals surface area (Å²) < 4.78 is 10.7. The van der Waals surface area contributed by atoms with E-state index >= 15 is 0 Å². The second-order valence-electron chi connectivity index (χ2n) is 8.57. The minimum Gasteiger partial charge on any atom is -0.490 e. The number of hydrogen-bond acceptors (Lipinski definition) is 4. The van der Waals surface area contributed by atoms with E-state index in [1.54, 1.807) is 0 Å². The lowest BCUT2D eigenvalue weighted by atomic mass is 9.82. The van der Waals surface area contributed by atoms with Crippen LogP contribution in [0.4, 0.5) is 0 Å². The zero-order valence-electron chi connectivity index (χ0n) is 18.9. The SMILES string of the molecule is COC(=O)Cc1ccc(C#Cc2cc(C(C)(C)C)c(OC(C)C)c(C=O)c2C)cc1. The van der Waals surface area contributed by atoms with Gasteiger partial charge in [-0.05, 0) is 55.5 Å². The first kappa shape index (κ1) is 23.2. The largest absolute Gasteiger partial charge is 0.490 e. The van der Waals surface area contributed by atoms with E-state index in [9.17, 15) is 9.59 Å². The van der Waals surface area contributed by atoms with Gasteiger partial charge in [0, 0.05) is 16.7 Å². The van der Waals surface area contributed by atoms with Crippen LogP contribution in [-0.2, 0) is 21.4 Å². The molecule has 0 bridgehead atoms. The predicted octanol–water partition coefficient (Wildman–Crippen LogP) is 5.01. The fraction of sp³-hybridized carbons (Fsp3) is 0.385. The van der Waals surface area contributed by atoms with Crippen LogP contribution in [0.5, 0.6) is 5.75 Å². The molecule has 2 aromatic rings. The number of esters is 1. The molecule has 0 saturated heterocycles. The first-order valence-electron chi connectivity index (χ1n) is 10.0. The number of benzene rings is 2. The molecule has 0 aromatic heterocycles. The van der Waals surface area contributed by atoms with E-state index in [0.717, 1.165) is 34.1 Å². The van der Waals surface area contributed by atoms with Crippen molar-refractivity contribution in [3.05, 3.63) is 63.7 Å². The zero-order chi connectivity index (χ0) is 22.5. The summed E-state index contributed by atoms with van der Waals surface area (Å²) in [5.41, 5.74) is 4.62. The summed E-state index contributed by atoms with van der Waals surface area (Å²) in [6.45, 7) is 12.1. The number of hydrogen-bond donors (Lipinski definition) is 0. The topological polar surface area (TPSA) is 52.6 Å². The van der Waals surface area contributed by atoms with E-state index in [0.29, 0.717) is 11.3 Å². The highest BCUT2D eigenvalue weighted by Gasteiger charge is 2.25. The molecule has 0 saturated carbocycles. The van der Waals surface area contributed by atoms with Crippen molar-refractivity contribution in [3.63, 3.8) is 0 Å². The number of rotatable bonds is 5. The van der Waals surface area contributed by atoms with Crippen molar-refractivity contribution in [2.24, 2.45) is 0 Å². The molecule has 0 amide bonds. The third kappa shape index (κ3) is 5.73. The number of aldehydes is 1. The van der Waals surface area contributed by atoms with Crippen LogP contribution in [0, 0.1) is 18.8 Å². The Bertz CT molecular complexity index is 981. The molecule has 0 N–H and O–H groups in total. The van der Waals surface area contributed by atoms with Gasteiger partial charge in [0.25, 0.3) is 0 Å². The summed E-state index contributed by atoms with van der Waals surface area (Å²) in [6.07, 6.45) is 1.05. The lowest BCUT2D eigenvalue weighted by Gasteiger charge is -2.26. The first-order valence-corrected chi connectivity index (χ1v) is 10.0. The van der Waals surface area contributed by atoms with E-state index in [-0.39, 0.29) is 23.9 Å². The third-order valence-electron chi connectivity index (χ3n) is 4.74. The van der Waals surface area contributed by atoms with Crippen LogP contribution in [0.25, 0.3) is 0 Å². The van der Waals surface area contributed by atoms with E-state index in [2.05, 4.69) is 32.6 Å². The summed E-state index contributed by atoms with van der Waals surface area (Å²) in [5, 5.41) is 0. The molecule has 0 heterocycles. The van der Waals surface area contributed by atoms with Gasteiger partial charge in [-0.3, -0.25) is 9.59 Å². The molecule has 0 aliphatic heterocycles. The number of methoxy groups -OCH3 is 1. The minimum absolute atomic E-state index is 0.0374. The van der Waals surface area contributed by atoms with Crippen LogP contribution in [0.15, 0.2) is 30.3 Å². The van der Waals surface area contributed by atoms with E-state index in [1.165, 1.54) is 7.11 Å². The first-order chi connectivity index (χ1) is 14.1. The number of carbonyl (C=O) groups is 2. The molecule has 0 fully saturated rings. The Kier molecular flexibility index (Phi) is 7.45. The highest BCUT2D eigenvalue weighted by atomic mass is 16.5. The second-order valence-corrected chi connectivity index (χ2v) is 8.57. The van der Waals surface area contributed by atoms with Crippen molar-refractivity contribution in [1.29, 1.82) is 0 Å². The molecule has 0 spiro atoms. The van der Waals surface area contributed by atoms with Gasteiger partial charge in [-0.1, -0.05) is 44.7 Å². The molecule has 2 rings (SSSR count). The summed E-state index contributed by atoms with van der Waals surface area (Å²) in [4.78, 5) is 23.3. The molecule has 158 valence electrons. The molecule has 0 aliphatic carbocycles. The summed E-state index contributed by atoms with van der Waals surface area (Å²) >= 11 is 0. The standard InChI is InChI=1S/C26H30O4/c1-17(2)30-25-22(16-27)18(3)21(15-23(25)26(4,5)6)13-12-19-8-10-20(11-9-19)14-24(28)29-7/h8-11,15-17H,14H2,1-7H3. The molecular formula is C26H30O4. The molecule has 0 unspecified atom stereocenters. The lowest BCUT2D eigenvalue weighted by Crippen LogP contribution is -2.18. The van der Waals surface area contributed by atoms with Crippen LogP contribution < -0.4 is 4.74 Å². The fourth-order valence-corrected chi connectivity index (χ4v) is 3.05. The molecule has 2 aromatic carbocycles. The van der Waals surface area contributed by atoms with E-state index < -0.39 is 0 Å². The molecular weight excluding hydrogens is 376 g/mol. The van der Waals surface area contributed by atoms with E-state index in [1.807, 2.05) is 51.1 Å². The average Bonchev–Trinajstić information content (AvgIpc) is 2.67. The molecule has 0 aliphatic rings. The van der Waals surface area contributed by atoms with Gasteiger partial charge < -0.3 is 9.47 Å². The number of carbonyl (C=O) groups excluding carboxylic acids is 2. The summed E-state index contributed by atoms with van der Waals surface area (Å²) in [7, 11) is 1.38. The Morgan fingerprint density at radius 2 is 1.77 bits per heavy atom. The Hall–Kier alpha value is -3.06. The monoisotopic (exact) mass is 406 g/mol. The molecule has 30 heavy (non-hydrogen) atoms.